The fourth-order valence-electron chi connectivity index (χ4n) is 1.82. The third kappa shape index (κ3) is 3.83. The van der Waals surface area contributed by atoms with E-state index in [0.717, 1.165) is 5.56 Å². The molecule has 1 aromatic heterocycles. The van der Waals surface area contributed by atoms with Crippen LogP contribution in [0.4, 0.5) is 0 Å². The van der Waals surface area contributed by atoms with Gasteiger partial charge < -0.3 is 14.8 Å². The average molecular weight is 276 g/mol. The van der Waals surface area contributed by atoms with Crippen LogP contribution in [0.1, 0.15) is 21.7 Å². The van der Waals surface area contributed by atoms with Crippen LogP contribution in [0.5, 0.6) is 0 Å². The molecule has 0 radical (unpaired) electrons. The third-order valence-corrected chi connectivity index (χ3v) is 2.79. The number of benzene rings is 1. The van der Waals surface area contributed by atoms with Crippen LogP contribution >= 0.6 is 0 Å². The minimum absolute atomic E-state index is 0.0850. The van der Waals surface area contributed by atoms with Gasteiger partial charge in [-0.3, -0.25) is 9.78 Å². The van der Waals surface area contributed by atoms with Gasteiger partial charge in [-0.05, 0) is 19.1 Å². The Hall–Kier alpha value is -2.34. The van der Waals surface area contributed by atoms with Crippen molar-refractivity contribution in [1.82, 2.24) is 10.3 Å². The highest BCUT2D eigenvalue weighted by atomic mass is 16.4. The van der Waals surface area contributed by atoms with Gasteiger partial charge in [0.25, 0.3) is 5.91 Å². The van der Waals surface area contributed by atoms with Gasteiger partial charge in [0, 0.05) is 24.7 Å². The number of aliphatic hydroxyl groups excluding tert-OH is 1. The monoisotopic (exact) mass is 276 g/mol. The van der Waals surface area contributed by atoms with E-state index in [0.29, 0.717) is 11.3 Å². The van der Waals surface area contributed by atoms with E-state index >= 15 is 0 Å². The topological polar surface area (TPSA) is 95.3 Å². The highest BCUT2D eigenvalue weighted by Gasteiger charge is 2.11. The normalized spacial score (nSPS) is 12.1. The summed E-state index contributed by atoms with van der Waals surface area (Å²) in [4.78, 5) is 25.0. The number of rotatable bonds is 5. The quantitative estimate of drug-likeness (QED) is 0.745. The van der Waals surface area contributed by atoms with Crippen molar-refractivity contribution in [2.24, 2.45) is 0 Å². The summed E-state index contributed by atoms with van der Waals surface area (Å²) in [6, 6.07) is 7.18. The van der Waals surface area contributed by atoms with Crippen molar-refractivity contribution in [3.8, 4) is 0 Å². The second-order valence-corrected chi connectivity index (χ2v) is 4.58. The zero-order chi connectivity index (χ0) is 14.5. The first kappa shape index (κ1) is 14.1. The molecule has 0 aliphatic carbocycles. The van der Waals surface area contributed by atoms with Gasteiger partial charge in [-0.15, -0.1) is 0 Å². The standard InChI is InChI=1S/C14H16N2O4/c1-9-3-2-4-10(5-9)13(18)15-7-11(17)6-12-8-16-14(19)20-12/h2-5,8,11,17H,6-7H2,1H3,(H,15,18)(H,16,19). The van der Waals surface area contributed by atoms with Crippen LogP contribution in [-0.4, -0.2) is 28.6 Å². The Morgan fingerprint density at radius 3 is 2.95 bits per heavy atom. The van der Waals surface area contributed by atoms with Gasteiger partial charge in [-0.2, -0.15) is 0 Å². The maximum atomic E-state index is 11.9. The summed E-state index contributed by atoms with van der Waals surface area (Å²) in [5.74, 6) is -0.452. The number of carbonyl (C=O) groups excluding carboxylic acids is 1. The van der Waals surface area contributed by atoms with Gasteiger partial charge >= 0.3 is 5.76 Å². The Labute approximate surface area is 115 Å². The van der Waals surface area contributed by atoms with Crippen molar-refractivity contribution in [2.45, 2.75) is 19.4 Å². The molecule has 0 fully saturated rings. The van der Waals surface area contributed by atoms with Crippen LogP contribution in [-0.2, 0) is 6.42 Å². The van der Waals surface area contributed by atoms with Crippen molar-refractivity contribution in [2.75, 3.05) is 6.54 Å². The van der Waals surface area contributed by atoms with Crippen LogP contribution in [0.3, 0.4) is 0 Å². The lowest BCUT2D eigenvalue weighted by Crippen LogP contribution is -2.33. The number of carbonyl (C=O) groups is 1. The van der Waals surface area contributed by atoms with Crippen LogP contribution < -0.4 is 11.1 Å². The summed E-state index contributed by atoms with van der Waals surface area (Å²) in [6.07, 6.45) is 0.739. The molecule has 1 aromatic carbocycles. The molecule has 1 atom stereocenters. The second-order valence-electron chi connectivity index (χ2n) is 4.58. The number of amides is 1. The third-order valence-electron chi connectivity index (χ3n) is 2.79. The fraction of sp³-hybridized carbons (Fsp3) is 0.286. The Morgan fingerprint density at radius 2 is 2.30 bits per heavy atom. The summed E-state index contributed by atoms with van der Waals surface area (Å²) < 4.78 is 4.78. The fourth-order valence-corrected chi connectivity index (χ4v) is 1.82. The lowest BCUT2D eigenvalue weighted by molar-refractivity contribution is 0.0912. The first-order valence-corrected chi connectivity index (χ1v) is 6.25. The molecule has 0 saturated carbocycles. The van der Waals surface area contributed by atoms with Gasteiger partial charge in [0.1, 0.15) is 5.76 Å². The predicted octanol–water partition coefficient (Wildman–Crippen LogP) is 0.610. The Kier molecular flexibility index (Phi) is 4.37. The Morgan fingerprint density at radius 1 is 1.50 bits per heavy atom. The largest absolute Gasteiger partial charge is 0.416 e. The molecule has 2 aromatic rings. The number of aryl methyl sites for hydroxylation is 1. The van der Waals surface area contributed by atoms with E-state index in [2.05, 4.69) is 10.3 Å². The molecule has 0 saturated heterocycles. The molecule has 1 amide bonds. The molecular weight excluding hydrogens is 260 g/mol. The first-order chi connectivity index (χ1) is 9.54. The van der Waals surface area contributed by atoms with Crippen molar-refractivity contribution in [3.63, 3.8) is 0 Å². The van der Waals surface area contributed by atoms with Crippen LogP contribution in [0.25, 0.3) is 0 Å². The number of nitrogens with one attached hydrogen (secondary N) is 2. The summed E-state index contributed by atoms with van der Waals surface area (Å²) in [5.41, 5.74) is 1.54. The molecule has 6 heteroatoms. The van der Waals surface area contributed by atoms with Crippen LogP contribution in [0, 0.1) is 6.92 Å². The number of H-pyrrole nitrogens is 1. The molecule has 0 aliphatic heterocycles. The van der Waals surface area contributed by atoms with E-state index in [9.17, 15) is 14.7 Å². The second kappa shape index (κ2) is 6.21. The van der Waals surface area contributed by atoms with E-state index in [-0.39, 0.29) is 18.9 Å². The van der Waals surface area contributed by atoms with Crippen molar-refractivity contribution >= 4 is 5.91 Å². The molecule has 106 valence electrons. The highest BCUT2D eigenvalue weighted by Crippen LogP contribution is 2.04. The maximum Gasteiger partial charge on any atom is 0.416 e. The van der Waals surface area contributed by atoms with E-state index in [4.69, 9.17) is 4.42 Å². The minimum Gasteiger partial charge on any atom is -0.413 e. The lowest BCUT2D eigenvalue weighted by atomic mass is 10.1. The van der Waals surface area contributed by atoms with Gasteiger partial charge in [-0.1, -0.05) is 17.7 Å². The molecule has 20 heavy (non-hydrogen) atoms. The Bertz CT molecular complexity index is 644. The van der Waals surface area contributed by atoms with Gasteiger partial charge in [-0.25, -0.2) is 4.79 Å². The zero-order valence-electron chi connectivity index (χ0n) is 11.1. The molecule has 3 N–H and O–H groups in total. The van der Waals surface area contributed by atoms with Gasteiger partial charge in [0.15, 0.2) is 0 Å². The number of aliphatic hydroxyl groups is 1. The summed E-state index contributed by atoms with van der Waals surface area (Å²) >= 11 is 0. The van der Waals surface area contributed by atoms with Gasteiger partial charge in [0.05, 0.1) is 6.10 Å². The molecule has 0 spiro atoms. The van der Waals surface area contributed by atoms with Crippen molar-refractivity contribution in [3.05, 3.63) is 57.9 Å². The molecule has 1 unspecified atom stereocenters. The summed E-state index contributed by atoms with van der Waals surface area (Å²) in [5, 5.41) is 12.4. The van der Waals surface area contributed by atoms with Crippen molar-refractivity contribution < 1.29 is 14.3 Å². The molecular formula is C14H16N2O4. The van der Waals surface area contributed by atoms with Crippen LogP contribution in [0.2, 0.25) is 0 Å². The van der Waals surface area contributed by atoms with Gasteiger partial charge in [0.2, 0.25) is 0 Å². The number of aromatic amines is 1. The molecule has 0 aliphatic rings. The van der Waals surface area contributed by atoms with Crippen LogP contribution in [0.15, 0.2) is 39.7 Å². The van der Waals surface area contributed by atoms with E-state index in [1.54, 1.807) is 18.2 Å². The lowest BCUT2D eigenvalue weighted by Gasteiger charge is -2.10. The summed E-state index contributed by atoms with van der Waals surface area (Å²) in [7, 11) is 0. The number of oxazole rings is 1. The highest BCUT2D eigenvalue weighted by molar-refractivity contribution is 5.94. The Balaban J connectivity index is 1.85. The number of hydrogen-bond donors (Lipinski definition) is 3. The molecule has 2 rings (SSSR count). The zero-order valence-corrected chi connectivity index (χ0v) is 11.1. The molecule has 0 bridgehead atoms. The molecule has 6 nitrogen and oxygen atoms in total. The van der Waals surface area contributed by atoms with E-state index < -0.39 is 11.9 Å². The maximum absolute atomic E-state index is 11.9. The SMILES string of the molecule is Cc1cccc(C(=O)NCC(O)Cc2c[nH]c(=O)o2)c1. The predicted molar refractivity (Wildman–Crippen MR) is 72.6 cm³/mol. The number of hydrogen-bond acceptors (Lipinski definition) is 4. The molecule has 1 heterocycles. The average Bonchev–Trinajstić information content (AvgIpc) is 2.81. The smallest absolute Gasteiger partial charge is 0.413 e. The first-order valence-electron chi connectivity index (χ1n) is 6.25. The minimum atomic E-state index is -0.817. The number of aromatic nitrogens is 1. The van der Waals surface area contributed by atoms with E-state index in [1.165, 1.54) is 6.20 Å². The van der Waals surface area contributed by atoms with E-state index in [1.807, 2.05) is 13.0 Å². The van der Waals surface area contributed by atoms with Crippen molar-refractivity contribution in [1.29, 1.82) is 0 Å². The summed E-state index contributed by atoms with van der Waals surface area (Å²) in [6.45, 7) is 1.99.